The van der Waals surface area contributed by atoms with E-state index < -0.39 is 0 Å². The van der Waals surface area contributed by atoms with E-state index in [4.69, 9.17) is 9.26 Å². The summed E-state index contributed by atoms with van der Waals surface area (Å²) in [7, 11) is 1.66. The van der Waals surface area contributed by atoms with Crippen molar-refractivity contribution in [3.8, 4) is 0 Å². The van der Waals surface area contributed by atoms with Crippen molar-refractivity contribution < 1.29 is 14.1 Å². The van der Waals surface area contributed by atoms with Crippen molar-refractivity contribution in [3.63, 3.8) is 0 Å². The van der Waals surface area contributed by atoms with Crippen LogP contribution in [0.1, 0.15) is 70.7 Å². The zero-order valence-corrected chi connectivity index (χ0v) is 16.0. The molecule has 1 aliphatic carbocycles. The van der Waals surface area contributed by atoms with Crippen LogP contribution in [0.3, 0.4) is 0 Å². The van der Waals surface area contributed by atoms with Gasteiger partial charge >= 0.3 is 0 Å². The zero-order valence-electron chi connectivity index (χ0n) is 15.2. The molecule has 0 N–H and O–H groups in total. The summed E-state index contributed by atoms with van der Waals surface area (Å²) in [4.78, 5) is 20.7. The number of hydrogen-bond acceptors (Lipinski definition) is 6. The fourth-order valence-electron chi connectivity index (χ4n) is 3.96. The van der Waals surface area contributed by atoms with Crippen molar-refractivity contribution in [3.05, 3.63) is 33.1 Å². The van der Waals surface area contributed by atoms with Crippen LogP contribution in [0.4, 0.5) is 0 Å². The van der Waals surface area contributed by atoms with E-state index in [2.05, 4.69) is 15.5 Å². The van der Waals surface area contributed by atoms with Crippen LogP contribution in [-0.2, 0) is 24.0 Å². The molecule has 0 spiro atoms. The molecule has 140 valence electrons. The van der Waals surface area contributed by atoms with Gasteiger partial charge in [0.05, 0.1) is 11.5 Å². The van der Waals surface area contributed by atoms with Gasteiger partial charge in [0.25, 0.3) is 5.91 Å². The second-order valence-corrected chi connectivity index (χ2v) is 7.96. The van der Waals surface area contributed by atoms with Crippen LogP contribution < -0.4 is 0 Å². The molecule has 1 aliphatic heterocycles. The van der Waals surface area contributed by atoms with E-state index in [-0.39, 0.29) is 11.9 Å². The number of nitrogens with zero attached hydrogens (tertiary/aromatic N) is 3. The molecule has 0 bridgehead atoms. The number of carbonyl (C=O) groups is 1. The van der Waals surface area contributed by atoms with Crippen molar-refractivity contribution >= 4 is 17.2 Å². The maximum atomic E-state index is 13.3. The van der Waals surface area contributed by atoms with E-state index in [0.29, 0.717) is 24.7 Å². The van der Waals surface area contributed by atoms with Gasteiger partial charge < -0.3 is 14.2 Å². The first-order valence-electron chi connectivity index (χ1n) is 9.49. The summed E-state index contributed by atoms with van der Waals surface area (Å²) in [5.74, 6) is 1.35. The van der Waals surface area contributed by atoms with Gasteiger partial charge in [0.15, 0.2) is 5.82 Å². The Hall–Kier alpha value is -1.73. The van der Waals surface area contributed by atoms with Gasteiger partial charge in [-0.2, -0.15) is 4.98 Å². The standard InChI is InChI=1S/C19H25N3O3S/c1-24-11-9-16-20-18(25-21-16)15-8-4-5-10-22(15)19(23)17-14-7-3-2-6-13(14)12-26-17/h12,15H,2-11H2,1H3/t15-/m0/s1. The molecule has 0 unspecified atom stereocenters. The molecule has 1 saturated heterocycles. The van der Waals surface area contributed by atoms with E-state index in [1.807, 2.05) is 4.90 Å². The molecule has 7 heteroatoms. The highest BCUT2D eigenvalue weighted by molar-refractivity contribution is 7.12. The maximum Gasteiger partial charge on any atom is 0.264 e. The molecule has 0 radical (unpaired) electrons. The minimum Gasteiger partial charge on any atom is -0.384 e. The highest BCUT2D eigenvalue weighted by Crippen LogP contribution is 2.35. The van der Waals surface area contributed by atoms with Gasteiger partial charge in [0, 0.05) is 20.1 Å². The highest BCUT2D eigenvalue weighted by Gasteiger charge is 2.34. The predicted octanol–water partition coefficient (Wildman–Crippen LogP) is 3.57. The third-order valence-electron chi connectivity index (χ3n) is 5.36. The molecule has 2 aromatic rings. The predicted molar refractivity (Wildman–Crippen MR) is 98.5 cm³/mol. The third-order valence-corrected chi connectivity index (χ3v) is 6.42. The number of piperidine rings is 1. The van der Waals surface area contributed by atoms with Crippen molar-refractivity contribution in [1.82, 2.24) is 15.0 Å². The van der Waals surface area contributed by atoms with E-state index >= 15 is 0 Å². The van der Waals surface area contributed by atoms with Crippen molar-refractivity contribution in [1.29, 1.82) is 0 Å². The molecule has 0 aromatic carbocycles. The Morgan fingerprint density at radius 3 is 3.12 bits per heavy atom. The number of fused-ring (bicyclic) bond motifs is 1. The monoisotopic (exact) mass is 375 g/mol. The summed E-state index contributed by atoms with van der Waals surface area (Å²) in [6, 6.07) is -0.110. The quantitative estimate of drug-likeness (QED) is 0.799. The number of aryl methyl sites for hydroxylation is 1. The highest BCUT2D eigenvalue weighted by atomic mass is 32.1. The molecule has 1 atom stereocenters. The molecule has 4 rings (SSSR count). The smallest absolute Gasteiger partial charge is 0.264 e. The van der Waals surface area contributed by atoms with E-state index in [1.165, 1.54) is 24.0 Å². The number of amides is 1. The Bertz CT molecular complexity index is 770. The number of thiophene rings is 1. The van der Waals surface area contributed by atoms with Gasteiger partial charge in [-0.1, -0.05) is 5.16 Å². The van der Waals surface area contributed by atoms with Crippen molar-refractivity contribution in [2.24, 2.45) is 0 Å². The topological polar surface area (TPSA) is 68.5 Å². The lowest BCUT2D eigenvalue weighted by Gasteiger charge is -2.33. The summed E-state index contributed by atoms with van der Waals surface area (Å²) in [6.07, 6.45) is 8.16. The third kappa shape index (κ3) is 3.42. The van der Waals surface area contributed by atoms with Crippen LogP contribution in [0.15, 0.2) is 9.90 Å². The number of aromatic nitrogens is 2. The van der Waals surface area contributed by atoms with Crippen molar-refractivity contribution in [2.75, 3.05) is 20.3 Å². The fraction of sp³-hybridized carbons (Fsp3) is 0.632. The number of ether oxygens (including phenoxy) is 1. The maximum absolute atomic E-state index is 13.3. The number of hydrogen-bond donors (Lipinski definition) is 0. The zero-order chi connectivity index (χ0) is 17.9. The second kappa shape index (κ2) is 7.88. The molecule has 2 aromatic heterocycles. The Kier molecular flexibility index (Phi) is 5.36. The molecular formula is C19H25N3O3S. The lowest BCUT2D eigenvalue weighted by Crippen LogP contribution is -2.38. The van der Waals surface area contributed by atoms with Crippen LogP contribution in [0.25, 0.3) is 0 Å². The SMILES string of the molecule is COCCc1noc([C@@H]2CCCCN2C(=O)c2scc3c2CCCC3)n1. The number of rotatable bonds is 5. The van der Waals surface area contributed by atoms with Gasteiger partial charge in [0.1, 0.15) is 6.04 Å². The van der Waals surface area contributed by atoms with E-state index in [0.717, 1.165) is 43.5 Å². The number of likely N-dealkylation sites (tertiary alicyclic amines) is 1. The molecule has 1 fully saturated rings. The molecule has 0 saturated carbocycles. The fourth-order valence-corrected chi connectivity index (χ4v) is 5.07. The second-order valence-electron chi connectivity index (χ2n) is 7.08. The molecular weight excluding hydrogens is 350 g/mol. The Labute approximate surface area is 157 Å². The number of methoxy groups -OCH3 is 1. The van der Waals surface area contributed by atoms with Crippen molar-refractivity contribution in [2.45, 2.75) is 57.4 Å². The normalized spacial score (nSPS) is 20.2. The summed E-state index contributed by atoms with van der Waals surface area (Å²) >= 11 is 1.61. The minimum absolute atomic E-state index is 0.110. The van der Waals surface area contributed by atoms with Gasteiger partial charge in [-0.25, -0.2) is 0 Å². The van der Waals surface area contributed by atoms with Gasteiger partial charge in [0.2, 0.25) is 5.89 Å². The average Bonchev–Trinajstić information content (AvgIpc) is 3.33. The molecule has 2 aliphatic rings. The summed E-state index contributed by atoms with van der Waals surface area (Å²) in [5, 5.41) is 6.23. The summed E-state index contributed by atoms with van der Waals surface area (Å²) < 4.78 is 10.6. The van der Waals surface area contributed by atoms with E-state index in [1.54, 1.807) is 18.4 Å². The average molecular weight is 375 g/mol. The Morgan fingerprint density at radius 1 is 1.35 bits per heavy atom. The minimum atomic E-state index is -0.110. The largest absolute Gasteiger partial charge is 0.384 e. The Morgan fingerprint density at radius 2 is 2.23 bits per heavy atom. The molecule has 1 amide bonds. The van der Waals surface area contributed by atoms with Gasteiger partial charge in [-0.3, -0.25) is 4.79 Å². The molecule has 6 nitrogen and oxygen atoms in total. The van der Waals surface area contributed by atoms with Crippen LogP contribution in [0.5, 0.6) is 0 Å². The van der Waals surface area contributed by atoms with Gasteiger partial charge in [-0.05, 0) is 61.5 Å². The van der Waals surface area contributed by atoms with Crippen LogP contribution in [0.2, 0.25) is 0 Å². The molecule has 3 heterocycles. The van der Waals surface area contributed by atoms with E-state index in [9.17, 15) is 4.79 Å². The van der Waals surface area contributed by atoms with Crippen LogP contribution >= 0.6 is 11.3 Å². The van der Waals surface area contributed by atoms with Crippen LogP contribution in [-0.4, -0.2) is 41.2 Å². The molecule has 26 heavy (non-hydrogen) atoms. The lowest BCUT2D eigenvalue weighted by atomic mass is 9.93. The first-order chi connectivity index (χ1) is 12.8. The summed E-state index contributed by atoms with van der Waals surface area (Å²) in [5.41, 5.74) is 2.65. The first kappa shape index (κ1) is 17.7. The van der Waals surface area contributed by atoms with Gasteiger partial charge in [-0.15, -0.1) is 11.3 Å². The Balaban J connectivity index is 1.56. The van der Waals surface area contributed by atoms with Crippen LogP contribution in [0, 0.1) is 0 Å². The number of carbonyl (C=O) groups excluding carboxylic acids is 1. The lowest BCUT2D eigenvalue weighted by molar-refractivity contribution is 0.0565. The summed E-state index contributed by atoms with van der Waals surface area (Å²) in [6.45, 7) is 1.32. The first-order valence-corrected chi connectivity index (χ1v) is 10.4.